The first kappa shape index (κ1) is 15.3. The minimum absolute atomic E-state index is 0.268. The van der Waals surface area contributed by atoms with E-state index in [4.69, 9.17) is 5.73 Å². The van der Waals surface area contributed by atoms with E-state index in [1.54, 1.807) is 0 Å². The van der Waals surface area contributed by atoms with Crippen molar-refractivity contribution < 1.29 is 0 Å². The molecule has 4 unspecified atom stereocenters. The van der Waals surface area contributed by atoms with Crippen LogP contribution in [0, 0.1) is 23.2 Å². The highest BCUT2D eigenvalue weighted by molar-refractivity contribution is 5.02. The standard InChI is InChI=1S/C17H34N2/c1-13-6-14(2)10-19(9-13)17(12-18)8-15(3)7-16(4,5)11-17/h13-15H,6-12,18H2,1-5H3. The highest BCUT2D eigenvalue weighted by atomic mass is 15.2. The average molecular weight is 266 g/mol. The maximum Gasteiger partial charge on any atom is 0.0339 e. The van der Waals surface area contributed by atoms with E-state index in [1.165, 1.54) is 38.8 Å². The predicted octanol–water partition coefficient (Wildman–Crippen LogP) is 3.51. The van der Waals surface area contributed by atoms with Gasteiger partial charge in [-0.25, -0.2) is 0 Å². The van der Waals surface area contributed by atoms with Crippen molar-refractivity contribution in [2.45, 2.75) is 65.8 Å². The minimum atomic E-state index is 0.268. The van der Waals surface area contributed by atoms with Gasteiger partial charge in [-0.15, -0.1) is 0 Å². The molecule has 0 radical (unpaired) electrons. The first-order valence-electron chi connectivity index (χ1n) is 8.21. The lowest BCUT2D eigenvalue weighted by molar-refractivity contribution is -0.0423. The van der Waals surface area contributed by atoms with Gasteiger partial charge in [0.05, 0.1) is 0 Å². The Kier molecular flexibility index (Phi) is 4.32. The summed E-state index contributed by atoms with van der Waals surface area (Å²) >= 11 is 0. The van der Waals surface area contributed by atoms with Crippen LogP contribution < -0.4 is 5.73 Å². The molecule has 0 bridgehead atoms. The van der Waals surface area contributed by atoms with E-state index in [1.807, 2.05) is 0 Å². The second-order valence-corrected chi connectivity index (χ2v) is 8.63. The number of rotatable bonds is 2. The summed E-state index contributed by atoms with van der Waals surface area (Å²) in [7, 11) is 0. The SMILES string of the molecule is CC1CC(C)CN(C2(CN)CC(C)CC(C)(C)C2)C1. The molecule has 4 atom stereocenters. The van der Waals surface area contributed by atoms with Gasteiger partial charge in [-0.05, 0) is 48.9 Å². The van der Waals surface area contributed by atoms with Gasteiger partial charge in [0.15, 0.2) is 0 Å². The lowest BCUT2D eigenvalue weighted by atomic mass is 9.63. The number of hydrogen-bond donors (Lipinski definition) is 1. The second-order valence-electron chi connectivity index (χ2n) is 8.63. The highest BCUT2D eigenvalue weighted by Crippen LogP contribution is 2.47. The quantitative estimate of drug-likeness (QED) is 0.829. The van der Waals surface area contributed by atoms with Gasteiger partial charge in [0.25, 0.3) is 0 Å². The van der Waals surface area contributed by atoms with E-state index in [0.717, 1.165) is 24.3 Å². The van der Waals surface area contributed by atoms with Crippen molar-refractivity contribution in [3.8, 4) is 0 Å². The molecular formula is C17H34N2. The minimum Gasteiger partial charge on any atom is -0.329 e. The van der Waals surface area contributed by atoms with Crippen molar-refractivity contribution in [3.63, 3.8) is 0 Å². The molecule has 2 fully saturated rings. The Balaban J connectivity index is 2.21. The third kappa shape index (κ3) is 3.33. The fourth-order valence-electron chi connectivity index (χ4n) is 5.28. The van der Waals surface area contributed by atoms with Gasteiger partial charge in [0, 0.05) is 25.2 Å². The fourth-order valence-corrected chi connectivity index (χ4v) is 5.28. The van der Waals surface area contributed by atoms with Crippen LogP contribution in [0.3, 0.4) is 0 Å². The van der Waals surface area contributed by atoms with Crippen LogP contribution >= 0.6 is 0 Å². The Morgan fingerprint density at radius 2 is 1.58 bits per heavy atom. The molecule has 0 spiro atoms. The monoisotopic (exact) mass is 266 g/mol. The van der Waals surface area contributed by atoms with Gasteiger partial charge in [0.1, 0.15) is 0 Å². The summed E-state index contributed by atoms with van der Waals surface area (Å²) in [6.07, 6.45) is 5.32. The normalized spacial score (nSPS) is 44.2. The molecule has 1 heterocycles. The van der Waals surface area contributed by atoms with Crippen LogP contribution in [0.25, 0.3) is 0 Å². The molecule has 0 aromatic heterocycles. The smallest absolute Gasteiger partial charge is 0.0339 e. The van der Waals surface area contributed by atoms with Gasteiger partial charge >= 0.3 is 0 Å². The molecule has 1 saturated carbocycles. The predicted molar refractivity (Wildman–Crippen MR) is 83.1 cm³/mol. The zero-order valence-corrected chi connectivity index (χ0v) is 13.7. The van der Waals surface area contributed by atoms with E-state index in [2.05, 4.69) is 39.5 Å². The van der Waals surface area contributed by atoms with Crippen LogP contribution in [0.5, 0.6) is 0 Å². The van der Waals surface area contributed by atoms with Gasteiger partial charge in [-0.1, -0.05) is 34.6 Å². The summed E-state index contributed by atoms with van der Waals surface area (Å²) in [5, 5.41) is 0. The number of nitrogens with two attached hydrogens (primary N) is 1. The maximum atomic E-state index is 6.30. The molecule has 2 N–H and O–H groups in total. The van der Waals surface area contributed by atoms with Crippen LogP contribution in [0.1, 0.15) is 60.3 Å². The summed E-state index contributed by atoms with van der Waals surface area (Å²) in [5.74, 6) is 2.46. The Labute approximate surface area is 120 Å². The van der Waals surface area contributed by atoms with Crippen molar-refractivity contribution in [1.82, 2.24) is 4.90 Å². The van der Waals surface area contributed by atoms with Gasteiger partial charge in [-0.2, -0.15) is 0 Å². The van der Waals surface area contributed by atoms with Gasteiger partial charge in [-0.3, -0.25) is 4.90 Å². The largest absolute Gasteiger partial charge is 0.329 e. The van der Waals surface area contributed by atoms with Crippen LogP contribution in [0.4, 0.5) is 0 Å². The van der Waals surface area contributed by atoms with Gasteiger partial charge < -0.3 is 5.73 Å². The molecule has 112 valence electrons. The van der Waals surface area contributed by atoms with Crippen LogP contribution in [-0.2, 0) is 0 Å². The Morgan fingerprint density at radius 3 is 2.05 bits per heavy atom. The molecule has 2 rings (SSSR count). The lowest BCUT2D eigenvalue weighted by Gasteiger charge is -2.55. The van der Waals surface area contributed by atoms with Crippen molar-refractivity contribution in [2.24, 2.45) is 28.9 Å². The topological polar surface area (TPSA) is 29.3 Å². The van der Waals surface area contributed by atoms with E-state index >= 15 is 0 Å². The first-order valence-corrected chi connectivity index (χ1v) is 8.21. The molecule has 1 saturated heterocycles. The molecule has 19 heavy (non-hydrogen) atoms. The highest BCUT2D eigenvalue weighted by Gasteiger charge is 2.46. The molecule has 0 aromatic carbocycles. The maximum absolute atomic E-state index is 6.30. The van der Waals surface area contributed by atoms with E-state index in [0.29, 0.717) is 5.41 Å². The average Bonchev–Trinajstić information content (AvgIpc) is 2.24. The van der Waals surface area contributed by atoms with E-state index in [-0.39, 0.29) is 5.54 Å². The summed E-state index contributed by atoms with van der Waals surface area (Å²) in [6, 6.07) is 0. The molecule has 2 heteroatoms. The number of piperidine rings is 1. The lowest BCUT2D eigenvalue weighted by Crippen LogP contribution is -2.62. The molecule has 1 aliphatic heterocycles. The summed E-state index contributed by atoms with van der Waals surface area (Å²) in [5.41, 5.74) is 7.01. The zero-order chi connectivity index (χ0) is 14.3. The molecule has 0 aromatic rings. The molecule has 2 aliphatic rings. The first-order chi connectivity index (χ1) is 8.76. The molecule has 1 aliphatic carbocycles. The van der Waals surface area contributed by atoms with Crippen LogP contribution in [0.2, 0.25) is 0 Å². The zero-order valence-electron chi connectivity index (χ0n) is 13.7. The van der Waals surface area contributed by atoms with E-state index < -0.39 is 0 Å². The Bertz CT molecular complexity index is 302. The van der Waals surface area contributed by atoms with Crippen molar-refractivity contribution >= 4 is 0 Å². The number of nitrogens with zero attached hydrogens (tertiary/aromatic N) is 1. The van der Waals surface area contributed by atoms with Crippen LogP contribution in [0.15, 0.2) is 0 Å². The number of likely N-dealkylation sites (tertiary alicyclic amines) is 1. The summed E-state index contributed by atoms with van der Waals surface area (Å²) in [4.78, 5) is 2.77. The third-order valence-corrected chi connectivity index (χ3v) is 5.36. The summed E-state index contributed by atoms with van der Waals surface area (Å²) < 4.78 is 0. The second kappa shape index (κ2) is 5.37. The van der Waals surface area contributed by atoms with Gasteiger partial charge in [0.2, 0.25) is 0 Å². The Morgan fingerprint density at radius 1 is 1.00 bits per heavy atom. The van der Waals surface area contributed by atoms with E-state index in [9.17, 15) is 0 Å². The molecule has 0 amide bonds. The fraction of sp³-hybridized carbons (Fsp3) is 1.00. The summed E-state index contributed by atoms with van der Waals surface area (Å²) in [6.45, 7) is 15.4. The number of hydrogen-bond acceptors (Lipinski definition) is 2. The van der Waals surface area contributed by atoms with Crippen LogP contribution in [-0.4, -0.2) is 30.1 Å². The molecular weight excluding hydrogens is 232 g/mol. The van der Waals surface area contributed by atoms with Crippen molar-refractivity contribution in [2.75, 3.05) is 19.6 Å². The van der Waals surface area contributed by atoms with Crippen molar-refractivity contribution in [1.29, 1.82) is 0 Å². The molecule has 2 nitrogen and oxygen atoms in total. The Hall–Kier alpha value is -0.0800. The third-order valence-electron chi connectivity index (χ3n) is 5.36. The van der Waals surface area contributed by atoms with Crippen molar-refractivity contribution in [3.05, 3.63) is 0 Å².